The highest BCUT2D eigenvalue weighted by atomic mass is 16.2. The van der Waals surface area contributed by atoms with Gasteiger partial charge in [-0.2, -0.15) is 0 Å². The van der Waals surface area contributed by atoms with Crippen LogP contribution < -0.4 is 15.5 Å². The van der Waals surface area contributed by atoms with Gasteiger partial charge in [-0.25, -0.2) is 4.79 Å². The number of piperidine rings is 1. The lowest BCUT2D eigenvalue weighted by molar-refractivity contribution is -0.115. The van der Waals surface area contributed by atoms with Gasteiger partial charge in [0.1, 0.15) is 5.70 Å². The van der Waals surface area contributed by atoms with Crippen molar-refractivity contribution < 1.29 is 9.59 Å². The molecule has 20 heavy (non-hydrogen) atoms. The third kappa shape index (κ3) is 2.66. The van der Waals surface area contributed by atoms with Gasteiger partial charge in [0.25, 0.3) is 5.91 Å². The molecule has 2 saturated heterocycles. The first-order valence-electron chi connectivity index (χ1n) is 6.91. The molecule has 3 rings (SSSR count). The molecule has 3 amide bonds. The lowest BCUT2D eigenvalue weighted by atomic mass is 10.1. The van der Waals surface area contributed by atoms with Crippen molar-refractivity contribution in [2.24, 2.45) is 0 Å². The Labute approximate surface area is 117 Å². The highest BCUT2D eigenvalue weighted by Crippen LogP contribution is 2.21. The lowest BCUT2D eigenvalue weighted by Crippen LogP contribution is -2.29. The zero-order chi connectivity index (χ0) is 13.9. The average molecular weight is 271 g/mol. The maximum absolute atomic E-state index is 11.4. The maximum Gasteiger partial charge on any atom is 0.326 e. The fourth-order valence-electron chi connectivity index (χ4n) is 2.58. The number of amides is 3. The first-order valence-corrected chi connectivity index (χ1v) is 6.91. The van der Waals surface area contributed by atoms with Crippen molar-refractivity contribution in [3.63, 3.8) is 0 Å². The van der Waals surface area contributed by atoms with Crippen LogP contribution in [-0.4, -0.2) is 25.0 Å². The van der Waals surface area contributed by atoms with E-state index in [0.29, 0.717) is 5.70 Å². The maximum atomic E-state index is 11.4. The van der Waals surface area contributed by atoms with Crippen molar-refractivity contribution in [1.82, 2.24) is 10.6 Å². The van der Waals surface area contributed by atoms with Crippen LogP contribution in [0.4, 0.5) is 10.5 Å². The molecular weight excluding hydrogens is 254 g/mol. The van der Waals surface area contributed by atoms with E-state index in [4.69, 9.17) is 0 Å². The number of hydrogen-bond acceptors (Lipinski definition) is 3. The molecule has 2 aliphatic heterocycles. The molecule has 0 saturated carbocycles. The Kier molecular flexibility index (Phi) is 3.41. The molecule has 2 fully saturated rings. The molecule has 0 spiro atoms. The van der Waals surface area contributed by atoms with Gasteiger partial charge in [-0.1, -0.05) is 12.1 Å². The van der Waals surface area contributed by atoms with Crippen molar-refractivity contribution in [3.05, 3.63) is 35.5 Å². The fraction of sp³-hybridized carbons (Fsp3) is 0.333. The van der Waals surface area contributed by atoms with E-state index in [1.807, 2.05) is 12.1 Å². The number of hydrogen-bond donors (Lipinski definition) is 2. The minimum absolute atomic E-state index is 0.292. The molecule has 0 bridgehead atoms. The molecule has 1 aromatic rings. The van der Waals surface area contributed by atoms with Crippen LogP contribution in [0.15, 0.2) is 30.0 Å². The summed E-state index contributed by atoms with van der Waals surface area (Å²) < 4.78 is 0. The first-order chi connectivity index (χ1) is 9.72. The Bertz CT molecular complexity index is 557. The van der Waals surface area contributed by atoms with Gasteiger partial charge in [0, 0.05) is 18.8 Å². The Hall–Kier alpha value is -2.30. The highest BCUT2D eigenvalue weighted by molar-refractivity contribution is 6.13. The van der Waals surface area contributed by atoms with Gasteiger partial charge in [0.2, 0.25) is 0 Å². The molecule has 2 aliphatic rings. The quantitative estimate of drug-likeness (QED) is 0.637. The molecule has 0 radical (unpaired) electrons. The Morgan fingerprint density at radius 3 is 2.25 bits per heavy atom. The molecule has 1 aromatic carbocycles. The molecule has 0 aliphatic carbocycles. The predicted octanol–water partition coefficient (Wildman–Crippen LogP) is 1.86. The summed E-state index contributed by atoms with van der Waals surface area (Å²) in [5.41, 5.74) is 2.41. The van der Waals surface area contributed by atoms with Crippen LogP contribution in [0.25, 0.3) is 6.08 Å². The predicted molar refractivity (Wildman–Crippen MR) is 77.2 cm³/mol. The van der Waals surface area contributed by atoms with E-state index in [1.165, 1.54) is 24.9 Å². The summed E-state index contributed by atoms with van der Waals surface area (Å²) in [5.74, 6) is -0.380. The van der Waals surface area contributed by atoms with Crippen LogP contribution in [0, 0.1) is 0 Å². The van der Waals surface area contributed by atoms with Crippen LogP contribution in [-0.2, 0) is 4.79 Å². The van der Waals surface area contributed by atoms with Crippen LogP contribution in [0.2, 0.25) is 0 Å². The second kappa shape index (κ2) is 5.36. The number of imide groups is 1. The summed E-state index contributed by atoms with van der Waals surface area (Å²) in [5, 5.41) is 4.67. The molecule has 5 heteroatoms. The third-order valence-corrected chi connectivity index (χ3v) is 3.65. The van der Waals surface area contributed by atoms with Crippen molar-refractivity contribution >= 4 is 23.7 Å². The Morgan fingerprint density at radius 1 is 0.950 bits per heavy atom. The molecule has 0 unspecified atom stereocenters. The van der Waals surface area contributed by atoms with Gasteiger partial charge >= 0.3 is 6.03 Å². The molecule has 0 atom stereocenters. The Morgan fingerprint density at radius 2 is 1.65 bits per heavy atom. The molecular formula is C15H17N3O2. The minimum atomic E-state index is -0.466. The van der Waals surface area contributed by atoms with E-state index in [9.17, 15) is 9.59 Å². The zero-order valence-corrected chi connectivity index (χ0v) is 11.2. The van der Waals surface area contributed by atoms with E-state index in [0.717, 1.165) is 18.7 Å². The molecule has 104 valence electrons. The average Bonchev–Trinajstić information content (AvgIpc) is 2.79. The fourth-order valence-corrected chi connectivity index (χ4v) is 2.58. The van der Waals surface area contributed by atoms with Gasteiger partial charge in [-0.3, -0.25) is 10.1 Å². The molecule has 2 N–H and O–H groups in total. The first kappa shape index (κ1) is 12.7. The topological polar surface area (TPSA) is 61.4 Å². The van der Waals surface area contributed by atoms with E-state index < -0.39 is 6.03 Å². The number of anilines is 1. The molecule has 0 aromatic heterocycles. The summed E-state index contributed by atoms with van der Waals surface area (Å²) in [6.07, 6.45) is 5.49. The van der Waals surface area contributed by atoms with Crippen molar-refractivity contribution in [2.75, 3.05) is 18.0 Å². The van der Waals surface area contributed by atoms with E-state index in [-0.39, 0.29) is 5.91 Å². The number of rotatable bonds is 2. The van der Waals surface area contributed by atoms with Crippen molar-refractivity contribution in [2.45, 2.75) is 19.3 Å². The summed E-state index contributed by atoms with van der Waals surface area (Å²) in [6.45, 7) is 2.22. The number of nitrogens with zero attached hydrogens (tertiary/aromatic N) is 1. The van der Waals surface area contributed by atoms with Gasteiger partial charge in [0.05, 0.1) is 0 Å². The summed E-state index contributed by atoms with van der Waals surface area (Å²) >= 11 is 0. The van der Waals surface area contributed by atoms with Crippen molar-refractivity contribution in [3.8, 4) is 0 Å². The third-order valence-electron chi connectivity index (χ3n) is 3.65. The normalized spacial score (nSPS) is 21.0. The second-order valence-corrected chi connectivity index (χ2v) is 5.11. The number of carbonyl (C=O) groups excluding carboxylic acids is 2. The van der Waals surface area contributed by atoms with Crippen LogP contribution in [0.1, 0.15) is 24.8 Å². The minimum Gasteiger partial charge on any atom is -0.372 e. The Balaban J connectivity index is 1.74. The van der Waals surface area contributed by atoms with Crippen LogP contribution >= 0.6 is 0 Å². The summed E-state index contributed by atoms with van der Waals surface area (Å²) in [4.78, 5) is 24.8. The number of carbonyl (C=O) groups is 2. The molecule has 5 nitrogen and oxygen atoms in total. The zero-order valence-electron chi connectivity index (χ0n) is 11.2. The largest absolute Gasteiger partial charge is 0.372 e. The van der Waals surface area contributed by atoms with Crippen LogP contribution in [0.3, 0.4) is 0 Å². The van der Waals surface area contributed by atoms with Crippen LogP contribution in [0.5, 0.6) is 0 Å². The summed E-state index contributed by atoms with van der Waals surface area (Å²) in [7, 11) is 0. The van der Waals surface area contributed by atoms with Gasteiger partial charge in [0.15, 0.2) is 0 Å². The standard InChI is InChI=1S/C15H17N3O2/c19-14-13(16-15(20)17-14)10-11-4-6-12(7-5-11)18-8-2-1-3-9-18/h4-7,10H,1-3,8-9H2,(H2,16,17,19,20)/b13-10-. The second-order valence-electron chi connectivity index (χ2n) is 5.11. The number of nitrogens with one attached hydrogen (secondary N) is 2. The lowest BCUT2D eigenvalue weighted by Gasteiger charge is -2.28. The number of urea groups is 1. The van der Waals surface area contributed by atoms with E-state index in [1.54, 1.807) is 6.08 Å². The van der Waals surface area contributed by atoms with Crippen molar-refractivity contribution in [1.29, 1.82) is 0 Å². The smallest absolute Gasteiger partial charge is 0.326 e. The van der Waals surface area contributed by atoms with Gasteiger partial charge in [-0.15, -0.1) is 0 Å². The van der Waals surface area contributed by atoms with Gasteiger partial charge in [-0.05, 0) is 43.0 Å². The summed E-state index contributed by atoms with van der Waals surface area (Å²) in [6, 6.07) is 7.59. The van der Waals surface area contributed by atoms with E-state index in [2.05, 4.69) is 27.7 Å². The van der Waals surface area contributed by atoms with Gasteiger partial charge < -0.3 is 10.2 Å². The SMILES string of the molecule is O=C1NC(=O)/C(=C/c2ccc(N3CCCCC3)cc2)N1. The number of benzene rings is 1. The van der Waals surface area contributed by atoms with E-state index >= 15 is 0 Å². The highest BCUT2D eigenvalue weighted by Gasteiger charge is 2.22. The monoisotopic (exact) mass is 271 g/mol. The molecule has 2 heterocycles.